The van der Waals surface area contributed by atoms with E-state index in [4.69, 9.17) is 27.7 Å². The van der Waals surface area contributed by atoms with E-state index in [9.17, 15) is 13.9 Å². The molecule has 0 aliphatic carbocycles. The van der Waals surface area contributed by atoms with Gasteiger partial charge >= 0.3 is 6.01 Å². The second-order valence-electron chi connectivity index (χ2n) is 12.5. The molecular formula is C34H29ClF3N5O2. The fraction of sp³-hybridized carbons (Fsp3) is 0.353. The first-order chi connectivity index (χ1) is 21.7. The summed E-state index contributed by atoms with van der Waals surface area (Å²) in [6.45, 7) is 2.53. The number of phenols is 1. The summed E-state index contributed by atoms with van der Waals surface area (Å²) in [5, 5.41) is 15.1. The van der Waals surface area contributed by atoms with Crippen molar-refractivity contribution in [1.82, 2.24) is 20.2 Å². The molecule has 2 N–H and O–H groups in total. The summed E-state index contributed by atoms with van der Waals surface area (Å²) in [5.41, 5.74) is -0.511. The number of ether oxygens (including phenoxy) is 1. The average Bonchev–Trinajstić information content (AvgIpc) is 3.66. The van der Waals surface area contributed by atoms with Gasteiger partial charge in [-0.2, -0.15) is 9.97 Å². The molecule has 0 amide bonds. The standard InChI is InChI=1S/C34H29ClF3N5O2/c1-2-23-27(37)7-4-18-10-22(44)11-24(28(18)23)29-26(35)12-25-31(30(29)38)40-33(41-32(25)42-15-20-5-6-21(16-42)39-20)45-17-34-8-3-9-43(34)14-19(36)13-34/h1,4-7,10-12,19-21,39,44H,3,8-9,13-17H2. The number of aromatic hydroxyl groups is 1. The monoisotopic (exact) mass is 631 g/mol. The zero-order valence-electron chi connectivity index (χ0n) is 24.2. The molecule has 3 saturated heterocycles. The quantitative estimate of drug-likeness (QED) is 0.215. The smallest absolute Gasteiger partial charge is 0.319 e. The van der Waals surface area contributed by atoms with Crippen LogP contribution in [0.3, 0.4) is 0 Å². The molecule has 230 valence electrons. The summed E-state index contributed by atoms with van der Waals surface area (Å²) in [4.78, 5) is 13.5. The number of benzene rings is 3. The third-order valence-electron chi connectivity index (χ3n) is 9.68. The van der Waals surface area contributed by atoms with E-state index < -0.39 is 23.3 Å². The molecule has 0 spiro atoms. The van der Waals surface area contributed by atoms with Gasteiger partial charge in [0.1, 0.15) is 35.7 Å². The highest BCUT2D eigenvalue weighted by atomic mass is 35.5. The van der Waals surface area contributed by atoms with E-state index in [0.29, 0.717) is 42.6 Å². The summed E-state index contributed by atoms with van der Waals surface area (Å²) in [6.07, 6.45) is 11.1. The first kappa shape index (κ1) is 28.4. The number of alkyl halides is 1. The van der Waals surface area contributed by atoms with Crippen molar-refractivity contribution in [3.8, 4) is 35.2 Å². The van der Waals surface area contributed by atoms with Crippen LogP contribution in [0.5, 0.6) is 11.8 Å². The van der Waals surface area contributed by atoms with Crippen molar-refractivity contribution in [1.29, 1.82) is 0 Å². The number of fused-ring (bicyclic) bond motifs is 5. The molecule has 4 aliphatic heterocycles. The molecule has 4 aliphatic rings. The Bertz CT molecular complexity index is 1950. The van der Waals surface area contributed by atoms with Crippen LogP contribution in [0.2, 0.25) is 5.02 Å². The minimum absolute atomic E-state index is 0.0225. The number of nitrogens with one attached hydrogen (secondary N) is 1. The summed E-state index contributed by atoms with van der Waals surface area (Å²) < 4.78 is 52.5. The third-order valence-corrected chi connectivity index (χ3v) is 9.97. The maximum Gasteiger partial charge on any atom is 0.319 e. The summed E-state index contributed by atoms with van der Waals surface area (Å²) in [6, 6.07) is 7.19. The van der Waals surface area contributed by atoms with Crippen LogP contribution < -0.4 is 15.0 Å². The summed E-state index contributed by atoms with van der Waals surface area (Å²) in [7, 11) is 0. The minimum atomic E-state index is -0.928. The zero-order valence-corrected chi connectivity index (χ0v) is 24.9. The lowest BCUT2D eigenvalue weighted by atomic mass is 9.93. The fourth-order valence-electron chi connectivity index (χ4n) is 7.73. The molecule has 5 heterocycles. The van der Waals surface area contributed by atoms with Crippen LogP contribution in [0.25, 0.3) is 32.8 Å². The lowest BCUT2D eigenvalue weighted by Gasteiger charge is -2.35. The van der Waals surface area contributed by atoms with Crippen molar-refractivity contribution in [2.24, 2.45) is 0 Å². The second kappa shape index (κ2) is 10.5. The lowest BCUT2D eigenvalue weighted by molar-refractivity contribution is 0.107. The van der Waals surface area contributed by atoms with E-state index in [-0.39, 0.29) is 63.1 Å². The van der Waals surface area contributed by atoms with Crippen LogP contribution in [0.4, 0.5) is 19.0 Å². The number of piperazine rings is 1. The molecule has 4 aromatic rings. The van der Waals surface area contributed by atoms with Gasteiger partial charge in [0.25, 0.3) is 0 Å². The Morgan fingerprint density at radius 2 is 1.93 bits per heavy atom. The van der Waals surface area contributed by atoms with Crippen LogP contribution in [-0.2, 0) is 0 Å². The van der Waals surface area contributed by atoms with E-state index in [0.717, 1.165) is 19.4 Å². The maximum absolute atomic E-state index is 17.0. The molecule has 7 nitrogen and oxygen atoms in total. The number of nitrogens with zero attached hydrogens (tertiary/aromatic N) is 4. The van der Waals surface area contributed by atoms with Crippen LogP contribution in [-0.4, -0.2) is 76.6 Å². The molecule has 8 rings (SSSR count). The number of rotatable bonds is 5. The lowest BCUT2D eigenvalue weighted by Crippen LogP contribution is -2.52. The normalized spacial score (nSPS) is 25.8. The molecule has 4 unspecified atom stereocenters. The van der Waals surface area contributed by atoms with Gasteiger partial charge in [-0.1, -0.05) is 35.7 Å². The molecule has 3 fully saturated rings. The van der Waals surface area contributed by atoms with Gasteiger partial charge in [-0.05, 0) is 54.6 Å². The summed E-state index contributed by atoms with van der Waals surface area (Å²) in [5.74, 6) is 1.23. The van der Waals surface area contributed by atoms with E-state index in [1.165, 1.54) is 24.3 Å². The highest BCUT2D eigenvalue weighted by molar-refractivity contribution is 6.35. The Balaban J connectivity index is 1.30. The number of hydrogen-bond acceptors (Lipinski definition) is 7. The van der Waals surface area contributed by atoms with E-state index in [2.05, 4.69) is 38.2 Å². The Hall–Kier alpha value is -4.04. The Morgan fingerprint density at radius 1 is 1.13 bits per heavy atom. The van der Waals surface area contributed by atoms with Gasteiger partial charge in [-0.15, -0.1) is 6.42 Å². The molecule has 0 saturated carbocycles. The van der Waals surface area contributed by atoms with Crippen molar-refractivity contribution < 1.29 is 23.0 Å². The largest absolute Gasteiger partial charge is 0.508 e. The molecule has 3 aromatic carbocycles. The topological polar surface area (TPSA) is 73.8 Å². The first-order valence-corrected chi connectivity index (χ1v) is 15.4. The fourth-order valence-corrected chi connectivity index (χ4v) is 8.02. The van der Waals surface area contributed by atoms with E-state index >= 15 is 4.39 Å². The Kier molecular flexibility index (Phi) is 6.64. The maximum atomic E-state index is 17.0. The predicted molar refractivity (Wildman–Crippen MR) is 168 cm³/mol. The SMILES string of the molecule is C#Cc1c(F)ccc2cc(O)cc(-c3c(Cl)cc4c(N5CC6C=CC(C5)N6)nc(OCC56CCCN5CC(F)C6)nc4c3F)c12. The first-order valence-electron chi connectivity index (χ1n) is 15.1. The van der Waals surface area contributed by atoms with Gasteiger partial charge in [0.2, 0.25) is 0 Å². The minimum Gasteiger partial charge on any atom is -0.508 e. The number of hydrogen-bond donors (Lipinski definition) is 2. The zero-order chi connectivity index (χ0) is 31.0. The van der Waals surface area contributed by atoms with Crippen LogP contribution in [0.1, 0.15) is 24.8 Å². The Morgan fingerprint density at radius 3 is 2.71 bits per heavy atom. The van der Waals surface area contributed by atoms with Crippen LogP contribution >= 0.6 is 11.6 Å². The van der Waals surface area contributed by atoms with Gasteiger partial charge in [-0.3, -0.25) is 4.90 Å². The van der Waals surface area contributed by atoms with Gasteiger partial charge in [0, 0.05) is 54.5 Å². The van der Waals surface area contributed by atoms with Gasteiger partial charge in [0.15, 0.2) is 5.82 Å². The number of phenolic OH excluding ortho intramolecular Hbond substituents is 1. The van der Waals surface area contributed by atoms with E-state index in [1.807, 2.05) is 0 Å². The van der Waals surface area contributed by atoms with Gasteiger partial charge in [0.05, 0.1) is 16.1 Å². The van der Waals surface area contributed by atoms with Crippen molar-refractivity contribution in [2.75, 3.05) is 37.7 Å². The highest BCUT2D eigenvalue weighted by Gasteiger charge is 2.49. The number of halogens is 4. The van der Waals surface area contributed by atoms with Gasteiger partial charge < -0.3 is 20.1 Å². The molecule has 45 heavy (non-hydrogen) atoms. The average molecular weight is 632 g/mol. The number of aromatic nitrogens is 2. The third kappa shape index (κ3) is 4.59. The Labute approximate surface area is 262 Å². The molecule has 1 aromatic heterocycles. The molecule has 2 bridgehead atoms. The summed E-state index contributed by atoms with van der Waals surface area (Å²) >= 11 is 6.83. The van der Waals surface area contributed by atoms with Gasteiger partial charge in [-0.25, -0.2) is 13.2 Å². The van der Waals surface area contributed by atoms with Crippen molar-refractivity contribution in [3.63, 3.8) is 0 Å². The van der Waals surface area contributed by atoms with Crippen molar-refractivity contribution in [3.05, 3.63) is 64.7 Å². The van der Waals surface area contributed by atoms with Crippen LogP contribution in [0.15, 0.2) is 42.5 Å². The van der Waals surface area contributed by atoms with Crippen molar-refractivity contribution >= 4 is 39.1 Å². The molecule has 11 heteroatoms. The number of terminal acetylenes is 1. The number of anilines is 1. The molecular weight excluding hydrogens is 603 g/mol. The second-order valence-corrected chi connectivity index (χ2v) is 12.9. The molecule has 4 atom stereocenters. The van der Waals surface area contributed by atoms with Crippen molar-refractivity contribution in [2.45, 2.75) is 43.1 Å². The van der Waals surface area contributed by atoms with E-state index in [1.54, 1.807) is 6.07 Å². The van der Waals surface area contributed by atoms with Crippen LogP contribution in [0, 0.1) is 24.0 Å². The predicted octanol–water partition coefficient (Wildman–Crippen LogP) is 5.74. The molecule has 0 radical (unpaired) electrons. The highest BCUT2D eigenvalue weighted by Crippen LogP contribution is 2.45.